The van der Waals surface area contributed by atoms with E-state index in [9.17, 15) is 4.79 Å². The maximum absolute atomic E-state index is 12.4. The maximum Gasteiger partial charge on any atom is 0.264 e. The SMILES string of the molecule is CCc1ccc(C(=O)N(CCCl)C2CCC2)s1. The fourth-order valence-electron chi connectivity index (χ4n) is 2.06. The highest BCUT2D eigenvalue weighted by molar-refractivity contribution is 7.14. The molecule has 1 amide bonds. The highest BCUT2D eigenvalue weighted by Crippen LogP contribution is 2.28. The van der Waals surface area contributed by atoms with Gasteiger partial charge in [0.2, 0.25) is 0 Å². The van der Waals surface area contributed by atoms with Crippen molar-refractivity contribution < 1.29 is 4.79 Å². The Labute approximate surface area is 112 Å². The van der Waals surface area contributed by atoms with Crippen molar-refractivity contribution in [3.05, 3.63) is 21.9 Å². The number of halogens is 1. The number of nitrogens with zero attached hydrogens (tertiary/aromatic N) is 1. The van der Waals surface area contributed by atoms with E-state index in [4.69, 9.17) is 11.6 Å². The van der Waals surface area contributed by atoms with Gasteiger partial charge in [-0.3, -0.25) is 4.79 Å². The summed E-state index contributed by atoms with van der Waals surface area (Å²) in [5, 5.41) is 0. The molecule has 0 bridgehead atoms. The van der Waals surface area contributed by atoms with Crippen molar-refractivity contribution in [2.45, 2.75) is 38.6 Å². The second kappa shape index (κ2) is 5.87. The smallest absolute Gasteiger partial charge is 0.264 e. The van der Waals surface area contributed by atoms with Crippen LogP contribution in [0.1, 0.15) is 40.7 Å². The van der Waals surface area contributed by atoms with Gasteiger partial charge in [0, 0.05) is 23.3 Å². The third kappa shape index (κ3) is 2.83. The van der Waals surface area contributed by atoms with Crippen LogP contribution in [-0.4, -0.2) is 29.3 Å². The summed E-state index contributed by atoms with van der Waals surface area (Å²) in [7, 11) is 0. The van der Waals surface area contributed by atoms with E-state index in [1.165, 1.54) is 11.3 Å². The van der Waals surface area contributed by atoms with Gasteiger partial charge in [-0.1, -0.05) is 6.92 Å². The molecule has 1 fully saturated rings. The van der Waals surface area contributed by atoms with E-state index in [0.29, 0.717) is 18.5 Å². The van der Waals surface area contributed by atoms with Gasteiger partial charge in [0.25, 0.3) is 5.91 Å². The Hall–Kier alpha value is -0.540. The lowest BCUT2D eigenvalue weighted by atomic mass is 9.91. The summed E-state index contributed by atoms with van der Waals surface area (Å²) in [6.45, 7) is 2.78. The molecule has 17 heavy (non-hydrogen) atoms. The fraction of sp³-hybridized carbons (Fsp3) is 0.615. The Morgan fingerprint density at radius 2 is 2.29 bits per heavy atom. The first-order chi connectivity index (χ1) is 8.26. The Balaban J connectivity index is 2.09. The molecule has 0 unspecified atom stereocenters. The average molecular weight is 272 g/mol. The zero-order valence-corrected chi connectivity index (χ0v) is 11.7. The lowest BCUT2D eigenvalue weighted by Crippen LogP contribution is -2.45. The molecule has 0 spiro atoms. The fourth-order valence-corrected chi connectivity index (χ4v) is 3.15. The molecule has 1 heterocycles. The second-order valence-electron chi connectivity index (χ2n) is 4.39. The number of amides is 1. The number of carbonyl (C=O) groups is 1. The molecule has 1 saturated carbocycles. The van der Waals surface area contributed by atoms with E-state index in [1.807, 2.05) is 11.0 Å². The van der Waals surface area contributed by atoms with Crippen LogP contribution >= 0.6 is 22.9 Å². The van der Waals surface area contributed by atoms with Gasteiger partial charge < -0.3 is 4.90 Å². The molecule has 0 aliphatic heterocycles. The monoisotopic (exact) mass is 271 g/mol. The number of rotatable bonds is 5. The van der Waals surface area contributed by atoms with Gasteiger partial charge in [0.15, 0.2) is 0 Å². The predicted molar refractivity (Wildman–Crippen MR) is 73.1 cm³/mol. The van der Waals surface area contributed by atoms with Gasteiger partial charge in [0.05, 0.1) is 4.88 Å². The minimum absolute atomic E-state index is 0.167. The number of thiophene rings is 1. The number of aryl methyl sites for hydroxylation is 1. The van der Waals surface area contributed by atoms with E-state index in [-0.39, 0.29) is 5.91 Å². The Morgan fingerprint density at radius 3 is 2.76 bits per heavy atom. The van der Waals surface area contributed by atoms with E-state index < -0.39 is 0 Å². The molecule has 2 rings (SSSR count). The standard InChI is InChI=1S/C13H18ClNOS/c1-2-11-6-7-12(17-11)13(16)15(9-8-14)10-4-3-5-10/h6-7,10H,2-5,8-9H2,1H3. The summed E-state index contributed by atoms with van der Waals surface area (Å²) >= 11 is 7.41. The quantitative estimate of drug-likeness (QED) is 0.750. The molecule has 2 nitrogen and oxygen atoms in total. The third-order valence-corrected chi connectivity index (χ3v) is 4.71. The first-order valence-electron chi connectivity index (χ1n) is 6.22. The largest absolute Gasteiger partial charge is 0.334 e. The van der Waals surface area contributed by atoms with E-state index in [2.05, 4.69) is 13.0 Å². The number of carbonyl (C=O) groups excluding carboxylic acids is 1. The lowest BCUT2D eigenvalue weighted by molar-refractivity contribution is 0.0603. The van der Waals surface area contributed by atoms with E-state index in [0.717, 1.165) is 24.1 Å². The molecule has 4 heteroatoms. The number of hydrogen-bond acceptors (Lipinski definition) is 2. The van der Waals surface area contributed by atoms with Crippen LogP contribution in [0, 0.1) is 0 Å². The van der Waals surface area contributed by atoms with Crippen LogP contribution in [0.4, 0.5) is 0 Å². The van der Waals surface area contributed by atoms with Gasteiger partial charge >= 0.3 is 0 Å². The Kier molecular flexibility index (Phi) is 4.46. The van der Waals surface area contributed by atoms with Gasteiger partial charge in [-0.2, -0.15) is 0 Å². The summed E-state index contributed by atoms with van der Waals surface area (Å²) < 4.78 is 0. The Morgan fingerprint density at radius 1 is 1.53 bits per heavy atom. The van der Waals surface area contributed by atoms with Crippen LogP contribution in [0.3, 0.4) is 0 Å². The third-order valence-electron chi connectivity index (χ3n) is 3.32. The highest BCUT2D eigenvalue weighted by Gasteiger charge is 2.29. The lowest BCUT2D eigenvalue weighted by Gasteiger charge is -2.37. The molecule has 1 aromatic rings. The molecule has 94 valence electrons. The summed E-state index contributed by atoms with van der Waals surface area (Å²) in [6.07, 6.45) is 4.50. The zero-order chi connectivity index (χ0) is 12.3. The highest BCUT2D eigenvalue weighted by atomic mass is 35.5. The van der Waals surface area contributed by atoms with Gasteiger partial charge in [0.1, 0.15) is 0 Å². The first-order valence-corrected chi connectivity index (χ1v) is 7.57. The van der Waals surface area contributed by atoms with Crippen molar-refractivity contribution in [2.75, 3.05) is 12.4 Å². The van der Waals surface area contributed by atoms with E-state index in [1.54, 1.807) is 11.3 Å². The van der Waals surface area contributed by atoms with Gasteiger partial charge in [-0.05, 0) is 37.8 Å². The maximum atomic E-state index is 12.4. The molecule has 0 radical (unpaired) electrons. The average Bonchev–Trinajstić information content (AvgIpc) is 2.73. The summed E-state index contributed by atoms with van der Waals surface area (Å²) in [5.74, 6) is 0.689. The van der Waals surface area contributed by atoms with Gasteiger partial charge in [-0.15, -0.1) is 22.9 Å². The van der Waals surface area contributed by atoms with Gasteiger partial charge in [-0.25, -0.2) is 0 Å². The first kappa shape index (κ1) is 12.9. The molecule has 0 atom stereocenters. The van der Waals surface area contributed by atoms with E-state index >= 15 is 0 Å². The van der Waals surface area contributed by atoms with Crippen LogP contribution in [-0.2, 0) is 6.42 Å². The summed E-state index contributed by atoms with van der Waals surface area (Å²) in [4.78, 5) is 16.5. The molecule has 1 aliphatic rings. The number of hydrogen-bond donors (Lipinski definition) is 0. The van der Waals surface area contributed by atoms with Crippen LogP contribution in [0.25, 0.3) is 0 Å². The predicted octanol–water partition coefficient (Wildman–Crippen LogP) is 3.54. The summed E-state index contributed by atoms with van der Waals surface area (Å²) in [6, 6.07) is 4.43. The van der Waals surface area contributed by atoms with Crippen LogP contribution < -0.4 is 0 Å². The van der Waals surface area contributed by atoms with Crippen LogP contribution in [0.5, 0.6) is 0 Å². The van der Waals surface area contributed by atoms with Crippen molar-refractivity contribution >= 4 is 28.8 Å². The second-order valence-corrected chi connectivity index (χ2v) is 5.94. The molecule has 1 aliphatic carbocycles. The Bertz CT molecular complexity index is 387. The van der Waals surface area contributed by atoms with Crippen molar-refractivity contribution in [2.24, 2.45) is 0 Å². The van der Waals surface area contributed by atoms with Crippen molar-refractivity contribution in [3.63, 3.8) is 0 Å². The zero-order valence-electron chi connectivity index (χ0n) is 10.1. The normalized spacial score (nSPS) is 15.6. The molecular weight excluding hydrogens is 254 g/mol. The molecule has 0 saturated heterocycles. The molecular formula is C13H18ClNOS. The van der Waals surface area contributed by atoms with Crippen molar-refractivity contribution in [3.8, 4) is 0 Å². The van der Waals surface area contributed by atoms with Crippen LogP contribution in [0.2, 0.25) is 0 Å². The number of alkyl halides is 1. The topological polar surface area (TPSA) is 20.3 Å². The molecule has 0 N–H and O–H groups in total. The minimum atomic E-state index is 0.167. The molecule has 0 aromatic carbocycles. The summed E-state index contributed by atoms with van der Waals surface area (Å²) in [5.41, 5.74) is 0. The molecule has 1 aromatic heterocycles. The van der Waals surface area contributed by atoms with Crippen molar-refractivity contribution in [1.29, 1.82) is 0 Å². The van der Waals surface area contributed by atoms with Crippen LogP contribution in [0.15, 0.2) is 12.1 Å². The minimum Gasteiger partial charge on any atom is -0.334 e. The van der Waals surface area contributed by atoms with Crippen molar-refractivity contribution in [1.82, 2.24) is 4.90 Å².